The number of hydrazone groups is 1. The van der Waals surface area contributed by atoms with Crippen LogP contribution in [0.25, 0.3) is 0 Å². The zero-order chi connectivity index (χ0) is 20.8. The van der Waals surface area contributed by atoms with Crippen molar-refractivity contribution in [2.75, 3.05) is 29.8 Å². The van der Waals surface area contributed by atoms with Gasteiger partial charge >= 0.3 is 0 Å². The molecule has 2 aromatic rings. The van der Waals surface area contributed by atoms with Crippen molar-refractivity contribution in [3.05, 3.63) is 71.2 Å². The molecule has 1 atom stereocenters. The Hall–Kier alpha value is -1.94. The number of rotatable bonds is 4. The summed E-state index contributed by atoms with van der Waals surface area (Å²) in [7, 11) is 2.16. The molecule has 0 fully saturated rings. The lowest BCUT2D eigenvalue weighted by Crippen LogP contribution is -2.31. The largest absolute Gasteiger partial charge is 0.346 e. The van der Waals surface area contributed by atoms with Crippen LogP contribution in [0.5, 0.6) is 0 Å². The molecule has 2 heterocycles. The Balaban J connectivity index is 1.96. The summed E-state index contributed by atoms with van der Waals surface area (Å²) in [6.45, 7) is 10.8. The second-order valence-corrected chi connectivity index (χ2v) is 12.0. The summed E-state index contributed by atoms with van der Waals surface area (Å²) < 4.78 is 4.54. The highest BCUT2D eigenvalue weighted by molar-refractivity contribution is 8.16. The number of fused-ring (bicyclic) bond motifs is 1. The minimum atomic E-state index is -2.30. The number of nitrogens with zero attached hydrogens (tertiary/aromatic N) is 4. The number of likely N-dealkylation sites (N-methyl/N-ethyl adjacent to an activating group) is 1. The van der Waals surface area contributed by atoms with Crippen molar-refractivity contribution in [3.63, 3.8) is 0 Å². The summed E-state index contributed by atoms with van der Waals surface area (Å²) in [6.07, 6.45) is -0.268. The third-order valence-corrected chi connectivity index (χ3v) is 11.0. The average Bonchev–Trinajstić information content (AvgIpc) is 3.16. The van der Waals surface area contributed by atoms with E-state index in [1.807, 2.05) is 12.3 Å². The molecule has 152 valence electrons. The van der Waals surface area contributed by atoms with Gasteiger partial charge in [-0.1, -0.05) is 75.9 Å². The second kappa shape index (κ2) is 7.39. The summed E-state index contributed by atoms with van der Waals surface area (Å²) in [6, 6.07) is 19.0. The van der Waals surface area contributed by atoms with Gasteiger partial charge in [0.15, 0.2) is 6.34 Å². The normalized spacial score (nSPS) is 25.2. The SMILES string of the molecule is CCN(CC)P1(=S)/C(=C2/N(C)c3ccccc3C2(C)C)C=NN1c1ccccc1. The number of hydrogen-bond donors (Lipinski definition) is 0. The van der Waals surface area contributed by atoms with Gasteiger partial charge in [-0.15, -0.1) is 0 Å². The van der Waals surface area contributed by atoms with Gasteiger partial charge in [-0.05, 0) is 23.8 Å². The molecule has 29 heavy (non-hydrogen) atoms. The Labute approximate surface area is 179 Å². The van der Waals surface area contributed by atoms with E-state index in [9.17, 15) is 0 Å². The van der Waals surface area contributed by atoms with Crippen LogP contribution in [0, 0.1) is 0 Å². The van der Waals surface area contributed by atoms with Gasteiger partial charge in [0.2, 0.25) is 0 Å². The summed E-state index contributed by atoms with van der Waals surface area (Å²) in [5.41, 5.74) is 4.81. The first-order chi connectivity index (χ1) is 13.9. The van der Waals surface area contributed by atoms with Crippen LogP contribution in [0.3, 0.4) is 0 Å². The Morgan fingerprint density at radius 1 is 1.00 bits per heavy atom. The van der Waals surface area contributed by atoms with Crippen molar-refractivity contribution in [1.29, 1.82) is 0 Å². The summed E-state index contributed by atoms with van der Waals surface area (Å²) in [5, 5.41) is 6.09. The van der Waals surface area contributed by atoms with Crippen LogP contribution in [0.1, 0.15) is 33.3 Å². The maximum atomic E-state index is 6.57. The van der Waals surface area contributed by atoms with Crippen molar-refractivity contribution < 1.29 is 0 Å². The van der Waals surface area contributed by atoms with E-state index in [0.717, 1.165) is 18.8 Å². The van der Waals surface area contributed by atoms with E-state index in [1.165, 1.54) is 22.3 Å². The van der Waals surface area contributed by atoms with E-state index in [4.69, 9.17) is 16.9 Å². The highest BCUT2D eigenvalue weighted by Crippen LogP contribution is 2.67. The molecule has 0 aliphatic carbocycles. The summed E-state index contributed by atoms with van der Waals surface area (Å²) in [5.74, 6) is 0. The first-order valence-corrected chi connectivity index (χ1v) is 12.9. The lowest BCUT2D eigenvalue weighted by molar-refractivity contribution is 0.506. The van der Waals surface area contributed by atoms with Gasteiger partial charge in [-0.3, -0.25) is 4.67 Å². The predicted octanol–water partition coefficient (Wildman–Crippen LogP) is 5.78. The number of allylic oxidation sites excluding steroid dienone is 2. The van der Waals surface area contributed by atoms with Crippen molar-refractivity contribution in [2.45, 2.75) is 33.1 Å². The van der Waals surface area contributed by atoms with Crippen molar-refractivity contribution in [1.82, 2.24) is 4.67 Å². The Kier molecular flexibility index (Phi) is 5.18. The molecule has 2 aliphatic heterocycles. The lowest BCUT2D eigenvalue weighted by Gasteiger charge is -2.39. The minimum absolute atomic E-state index is 0.128. The molecule has 0 spiro atoms. The molecule has 0 saturated carbocycles. The third kappa shape index (κ3) is 2.91. The van der Waals surface area contributed by atoms with Crippen LogP contribution in [0.15, 0.2) is 70.7 Å². The minimum Gasteiger partial charge on any atom is -0.346 e. The number of benzene rings is 2. The van der Waals surface area contributed by atoms with E-state index in [1.54, 1.807) is 0 Å². The van der Waals surface area contributed by atoms with Crippen LogP contribution in [0.2, 0.25) is 0 Å². The van der Waals surface area contributed by atoms with Gasteiger partial charge in [0.05, 0.1) is 17.2 Å². The molecule has 0 aromatic heterocycles. The van der Waals surface area contributed by atoms with Gasteiger partial charge in [0, 0.05) is 36.9 Å². The Morgan fingerprint density at radius 3 is 2.24 bits per heavy atom. The fourth-order valence-electron chi connectivity index (χ4n) is 4.67. The average molecular weight is 425 g/mol. The van der Waals surface area contributed by atoms with Gasteiger partial charge in [-0.25, -0.2) is 4.78 Å². The first-order valence-electron chi connectivity index (χ1n) is 10.2. The van der Waals surface area contributed by atoms with Gasteiger partial charge < -0.3 is 4.90 Å². The third-order valence-electron chi connectivity index (χ3n) is 6.07. The van der Waals surface area contributed by atoms with Gasteiger partial charge in [-0.2, -0.15) is 5.10 Å². The predicted molar refractivity (Wildman–Crippen MR) is 130 cm³/mol. The summed E-state index contributed by atoms with van der Waals surface area (Å²) >= 11 is 6.57. The number of hydrogen-bond acceptors (Lipinski definition) is 3. The molecule has 4 rings (SSSR count). The highest BCUT2D eigenvalue weighted by Gasteiger charge is 2.47. The first kappa shape index (κ1) is 20.3. The molecule has 0 radical (unpaired) electrons. The van der Waals surface area contributed by atoms with E-state index in [-0.39, 0.29) is 5.41 Å². The molecule has 0 N–H and O–H groups in total. The topological polar surface area (TPSA) is 22.1 Å². The molecule has 0 bridgehead atoms. The van der Waals surface area contributed by atoms with Crippen LogP contribution >= 0.6 is 6.34 Å². The molecule has 6 heteroatoms. The van der Waals surface area contributed by atoms with Crippen LogP contribution in [0.4, 0.5) is 11.4 Å². The van der Waals surface area contributed by atoms with Gasteiger partial charge in [0.1, 0.15) is 0 Å². The Bertz CT molecular complexity index is 1020. The number of anilines is 2. The van der Waals surface area contributed by atoms with E-state index in [2.05, 4.69) is 97.6 Å². The van der Waals surface area contributed by atoms with Crippen molar-refractivity contribution >= 4 is 35.7 Å². The molecule has 1 unspecified atom stereocenters. The molecule has 0 amide bonds. The van der Waals surface area contributed by atoms with Crippen LogP contribution in [-0.4, -0.2) is 31.0 Å². The maximum Gasteiger partial charge on any atom is 0.154 e. The molecule has 2 aliphatic rings. The fraction of sp³-hybridized carbons (Fsp3) is 0.348. The quantitative estimate of drug-likeness (QED) is 0.580. The fourth-order valence-corrected chi connectivity index (χ4v) is 9.24. The molecular weight excluding hydrogens is 395 g/mol. The van der Waals surface area contributed by atoms with Crippen molar-refractivity contribution in [2.24, 2.45) is 5.10 Å². The van der Waals surface area contributed by atoms with E-state index in [0.29, 0.717) is 0 Å². The second-order valence-electron chi connectivity index (χ2n) is 7.99. The maximum absolute atomic E-state index is 6.57. The Morgan fingerprint density at radius 2 is 1.62 bits per heavy atom. The van der Waals surface area contributed by atoms with Crippen LogP contribution in [-0.2, 0) is 17.2 Å². The highest BCUT2D eigenvalue weighted by atomic mass is 32.4. The smallest absolute Gasteiger partial charge is 0.154 e. The molecule has 2 aromatic carbocycles. The van der Waals surface area contributed by atoms with Crippen LogP contribution < -0.4 is 9.68 Å². The van der Waals surface area contributed by atoms with Crippen molar-refractivity contribution in [3.8, 4) is 0 Å². The summed E-state index contributed by atoms with van der Waals surface area (Å²) in [4.78, 5) is 2.33. The van der Waals surface area contributed by atoms with E-state index >= 15 is 0 Å². The standard InChI is InChI=1S/C23H29N4PS/c1-6-26(7-2)28(29)21(17-24-27(28)18-13-9-8-10-14-18)22-23(3,4)19-15-11-12-16-20(19)25(22)5/h8-17H,6-7H2,1-5H3/b22-21+. The van der Waals surface area contributed by atoms with E-state index < -0.39 is 6.34 Å². The molecular formula is C23H29N4PS. The molecule has 0 saturated heterocycles. The zero-order valence-electron chi connectivity index (χ0n) is 17.8. The monoisotopic (exact) mass is 424 g/mol. The zero-order valence-corrected chi connectivity index (χ0v) is 19.5. The lowest BCUT2D eigenvalue weighted by atomic mass is 9.84. The molecule has 4 nitrogen and oxygen atoms in total. The number of para-hydroxylation sites is 2. The van der Waals surface area contributed by atoms with Gasteiger partial charge in [0.25, 0.3) is 0 Å².